The average Bonchev–Trinajstić information content (AvgIpc) is 2.13. The molecule has 0 saturated heterocycles. The highest BCUT2D eigenvalue weighted by atomic mass is 15.2. The molecule has 0 aliphatic carbocycles. The lowest BCUT2D eigenvalue weighted by atomic mass is 9.80. The van der Waals surface area contributed by atoms with Crippen molar-refractivity contribution in [2.24, 2.45) is 11.7 Å². The summed E-state index contributed by atoms with van der Waals surface area (Å²) < 4.78 is 0. The fraction of sp³-hybridized carbons (Fsp3) is 1.00. The summed E-state index contributed by atoms with van der Waals surface area (Å²) in [5.74, 6) is 0.590. The van der Waals surface area contributed by atoms with Gasteiger partial charge in [-0.15, -0.1) is 0 Å². The van der Waals surface area contributed by atoms with E-state index in [1.54, 1.807) is 0 Å². The van der Waals surface area contributed by atoms with Gasteiger partial charge in [-0.05, 0) is 33.4 Å². The molecule has 13 heavy (non-hydrogen) atoms. The Morgan fingerprint density at radius 1 is 1.31 bits per heavy atom. The summed E-state index contributed by atoms with van der Waals surface area (Å²) in [4.78, 5) is 2.25. The van der Waals surface area contributed by atoms with Gasteiger partial charge in [-0.1, -0.05) is 27.2 Å². The summed E-state index contributed by atoms with van der Waals surface area (Å²) in [6.45, 7) is 8.91. The highest BCUT2D eigenvalue weighted by Crippen LogP contribution is 2.25. The SMILES string of the molecule is CCC(C)C(N)C(C)(CC)N(C)C. The standard InChI is InChI=1S/C11H26N2/c1-7-9(3)10(12)11(4,8-2)13(5)6/h9-10H,7-8,12H2,1-6H3. The van der Waals surface area contributed by atoms with Crippen molar-refractivity contribution in [3.8, 4) is 0 Å². The number of nitrogens with two attached hydrogens (primary N) is 1. The van der Waals surface area contributed by atoms with Gasteiger partial charge in [0, 0.05) is 11.6 Å². The molecule has 0 heterocycles. The third-order valence-electron chi connectivity index (χ3n) is 3.71. The van der Waals surface area contributed by atoms with Crippen LogP contribution in [0.25, 0.3) is 0 Å². The molecule has 0 aliphatic heterocycles. The van der Waals surface area contributed by atoms with Gasteiger partial charge in [-0.3, -0.25) is 0 Å². The van der Waals surface area contributed by atoms with Crippen LogP contribution < -0.4 is 5.73 Å². The lowest BCUT2D eigenvalue weighted by Gasteiger charge is -2.43. The summed E-state index contributed by atoms with van der Waals surface area (Å²) in [6.07, 6.45) is 2.26. The monoisotopic (exact) mass is 186 g/mol. The van der Waals surface area contributed by atoms with Crippen molar-refractivity contribution in [3.63, 3.8) is 0 Å². The molecule has 0 fully saturated rings. The van der Waals surface area contributed by atoms with Crippen LogP contribution in [-0.2, 0) is 0 Å². The van der Waals surface area contributed by atoms with E-state index in [1.807, 2.05) is 0 Å². The Kier molecular flexibility index (Phi) is 4.93. The Labute approximate surface area is 83.5 Å². The second kappa shape index (κ2) is 4.97. The Morgan fingerprint density at radius 2 is 1.77 bits per heavy atom. The minimum absolute atomic E-state index is 0.134. The smallest absolute Gasteiger partial charge is 0.0326 e. The second-order valence-electron chi connectivity index (χ2n) is 4.52. The first-order chi connectivity index (χ1) is 5.90. The molecule has 2 N–H and O–H groups in total. The molecule has 80 valence electrons. The van der Waals surface area contributed by atoms with Gasteiger partial charge in [0.15, 0.2) is 0 Å². The predicted molar refractivity (Wildman–Crippen MR) is 59.8 cm³/mol. The average molecular weight is 186 g/mol. The Balaban J connectivity index is 4.55. The summed E-state index contributed by atoms with van der Waals surface area (Å²) >= 11 is 0. The van der Waals surface area contributed by atoms with Crippen molar-refractivity contribution in [1.29, 1.82) is 0 Å². The van der Waals surface area contributed by atoms with E-state index in [2.05, 4.69) is 46.7 Å². The minimum atomic E-state index is 0.134. The van der Waals surface area contributed by atoms with E-state index < -0.39 is 0 Å². The quantitative estimate of drug-likeness (QED) is 0.712. The van der Waals surface area contributed by atoms with E-state index in [0.717, 1.165) is 12.8 Å². The maximum Gasteiger partial charge on any atom is 0.0326 e. The first-order valence-corrected chi connectivity index (χ1v) is 5.33. The van der Waals surface area contributed by atoms with Crippen molar-refractivity contribution in [1.82, 2.24) is 4.90 Å². The normalized spacial score (nSPS) is 21.2. The lowest BCUT2D eigenvalue weighted by molar-refractivity contribution is 0.105. The first-order valence-electron chi connectivity index (χ1n) is 5.33. The van der Waals surface area contributed by atoms with Crippen LogP contribution in [0, 0.1) is 5.92 Å². The fourth-order valence-electron chi connectivity index (χ4n) is 1.72. The van der Waals surface area contributed by atoms with Gasteiger partial charge in [0.05, 0.1) is 0 Å². The molecule has 3 unspecified atom stereocenters. The van der Waals surface area contributed by atoms with Crippen LogP contribution in [-0.4, -0.2) is 30.6 Å². The van der Waals surface area contributed by atoms with Crippen molar-refractivity contribution in [2.45, 2.75) is 52.1 Å². The molecule has 0 saturated carbocycles. The second-order valence-corrected chi connectivity index (χ2v) is 4.52. The van der Waals surface area contributed by atoms with Gasteiger partial charge >= 0.3 is 0 Å². The van der Waals surface area contributed by atoms with E-state index in [1.165, 1.54) is 0 Å². The van der Waals surface area contributed by atoms with Crippen LogP contribution in [0.15, 0.2) is 0 Å². The molecule has 0 aromatic carbocycles. The minimum Gasteiger partial charge on any atom is -0.326 e. The van der Waals surface area contributed by atoms with Gasteiger partial charge in [-0.25, -0.2) is 0 Å². The molecule has 2 nitrogen and oxygen atoms in total. The molecule has 3 atom stereocenters. The molecule has 0 bridgehead atoms. The topological polar surface area (TPSA) is 29.3 Å². The van der Waals surface area contributed by atoms with Gasteiger partial charge < -0.3 is 10.6 Å². The van der Waals surface area contributed by atoms with Crippen molar-refractivity contribution < 1.29 is 0 Å². The molecule has 0 radical (unpaired) electrons. The molecule has 2 heteroatoms. The molecular weight excluding hydrogens is 160 g/mol. The van der Waals surface area contributed by atoms with Crippen molar-refractivity contribution >= 4 is 0 Å². The summed E-state index contributed by atoms with van der Waals surface area (Å²) in [5, 5.41) is 0. The number of likely N-dealkylation sites (N-methyl/N-ethyl adjacent to an activating group) is 1. The fourth-order valence-corrected chi connectivity index (χ4v) is 1.72. The zero-order valence-electron chi connectivity index (χ0n) is 10.1. The van der Waals surface area contributed by atoms with E-state index in [4.69, 9.17) is 5.73 Å². The molecular formula is C11H26N2. The van der Waals surface area contributed by atoms with E-state index in [-0.39, 0.29) is 11.6 Å². The Bertz CT molecular complexity index is 145. The third-order valence-corrected chi connectivity index (χ3v) is 3.71. The lowest BCUT2D eigenvalue weighted by Crippen LogP contribution is -2.57. The third kappa shape index (κ3) is 2.68. The summed E-state index contributed by atoms with van der Waals surface area (Å²) in [6, 6.07) is 0.262. The van der Waals surface area contributed by atoms with Gasteiger partial charge in [0.2, 0.25) is 0 Å². The van der Waals surface area contributed by atoms with Gasteiger partial charge in [0.1, 0.15) is 0 Å². The maximum atomic E-state index is 6.28. The molecule has 0 aromatic heterocycles. The summed E-state index contributed by atoms with van der Waals surface area (Å²) in [7, 11) is 4.23. The molecule has 0 aromatic rings. The van der Waals surface area contributed by atoms with Crippen LogP contribution in [0.5, 0.6) is 0 Å². The van der Waals surface area contributed by atoms with Crippen molar-refractivity contribution in [3.05, 3.63) is 0 Å². The zero-order chi connectivity index (χ0) is 10.6. The maximum absolute atomic E-state index is 6.28. The number of hydrogen-bond donors (Lipinski definition) is 1. The zero-order valence-corrected chi connectivity index (χ0v) is 10.1. The van der Waals surface area contributed by atoms with Crippen molar-refractivity contribution in [2.75, 3.05) is 14.1 Å². The number of nitrogens with zero attached hydrogens (tertiary/aromatic N) is 1. The molecule has 0 aliphatic rings. The van der Waals surface area contributed by atoms with Crippen LogP contribution >= 0.6 is 0 Å². The van der Waals surface area contributed by atoms with Crippen LogP contribution in [0.4, 0.5) is 0 Å². The highest BCUT2D eigenvalue weighted by Gasteiger charge is 2.34. The van der Waals surface area contributed by atoms with Gasteiger partial charge in [-0.2, -0.15) is 0 Å². The molecule has 0 amide bonds. The number of hydrogen-bond acceptors (Lipinski definition) is 2. The Hall–Kier alpha value is -0.0800. The molecule has 0 spiro atoms. The van der Waals surface area contributed by atoms with Gasteiger partial charge in [0.25, 0.3) is 0 Å². The van der Waals surface area contributed by atoms with E-state index in [9.17, 15) is 0 Å². The predicted octanol–water partition coefficient (Wildman–Crippen LogP) is 2.09. The largest absolute Gasteiger partial charge is 0.326 e. The molecule has 0 rings (SSSR count). The first kappa shape index (κ1) is 12.9. The summed E-state index contributed by atoms with van der Waals surface area (Å²) in [5.41, 5.74) is 6.41. The van der Waals surface area contributed by atoms with E-state index in [0.29, 0.717) is 5.92 Å². The van der Waals surface area contributed by atoms with Crippen LogP contribution in [0.3, 0.4) is 0 Å². The van der Waals surface area contributed by atoms with E-state index >= 15 is 0 Å². The Morgan fingerprint density at radius 3 is 2.00 bits per heavy atom. The van der Waals surface area contributed by atoms with Crippen LogP contribution in [0.2, 0.25) is 0 Å². The number of rotatable bonds is 5. The van der Waals surface area contributed by atoms with Crippen LogP contribution in [0.1, 0.15) is 40.5 Å². The highest BCUT2D eigenvalue weighted by molar-refractivity contribution is 4.94.